The van der Waals surface area contributed by atoms with E-state index in [0.717, 1.165) is 36.5 Å². The molecule has 1 amide bonds. The number of amides is 1. The number of halogens is 3. The topological polar surface area (TPSA) is 118 Å². The molecule has 0 radical (unpaired) electrons. The predicted octanol–water partition coefficient (Wildman–Crippen LogP) is 4.44. The van der Waals surface area contributed by atoms with Crippen LogP contribution in [0.25, 0.3) is 0 Å². The normalized spacial score (nSPS) is 14.4. The fourth-order valence-electron chi connectivity index (χ4n) is 4.67. The van der Waals surface area contributed by atoms with Crippen LogP contribution < -0.4 is 14.9 Å². The van der Waals surface area contributed by atoms with E-state index in [0.29, 0.717) is 49.9 Å². The van der Waals surface area contributed by atoms with E-state index in [1.165, 1.54) is 0 Å². The second kappa shape index (κ2) is 14.3. The van der Waals surface area contributed by atoms with Gasteiger partial charge in [-0.25, -0.2) is 8.42 Å². The van der Waals surface area contributed by atoms with Gasteiger partial charge in [-0.2, -0.15) is 13.2 Å². The first-order valence-corrected chi connectivity index (χ1v) is 14.6. The molecule has 13 heteroatoms. The number of pyridine rings is 1. The highest BCUT2D eigenvalue weighted by Crippen LogP contribution is 2.30. The third-order valence-corrected chi connectivity index (χ3v) is 7.35. The predicted molar refractivity (Wildman–Crippen MR) is 152 cm³/mol. The van der Waals surface area contributed by atoms with E-state index >= 15 is 0 Å². The molecule has 2 heterocycles. The number of hydrogen-bond donors (Lipinski definition) is 3. The quantitative estimate of drug-likeness (QED) is 0.159. The van der Waals surface area contributed by atoms with Gasteiger partial charge >= 0.3 is 6.18 Å². The Kier molecular flexibility index (Phi) is 10.5. The van der Waals surface area contributed by atoms with Crippen molar-refractivity contribution in [3.63, 3.8) is 0 Å². The number of aromatic nitrogens is 1. The van der Waals surface area contributed by atoms with Crippen molar-refractivity contribution in [2.75, 3.05) is 42.5 Å². The number of alkyl halides is 3. The molecular weight excluding hydrogens is 573 g/mol. The maximum absolute atomic E-state index is 13.6. The molecule has 9 nitrogen and oxygen atoms in total. The van der Waals surface area contributed by atoms with Crippen molar-refractivity contribution in [2.24, 2.45) is 0 Å². The van der Waals surface area contributed by atoms with Crippen molar-refractivity contribution < 1.29 is 35.9 Å². The largest absolute Gasteiger partial charge is 0.417 e. The lowest BCUT2D eigenvalue weighted by molar-refractivity contribution is -0.137. The number of nitrogens with one attached hydrogen (secondary N) is 2. The van der Waals surface area contributed by atoms with Crippen LogP contribution in [-0.2, 0) is 21.8 Å². The molecule has 3 aromatic rings. The molecule has 1 aliphatic rings. The molecule has 4 rings (SSSR count). The van der Waals surface area contributed by atoms with Crippen LogP contribution in [0, 0.1) is 0 Å². The van der Waals surface area contributed by atoms with Crippen molar-refractivity contribution in [1.29, 1.82) is 0 Å². The molecule has 0 bridgehead atoms. The lowest BCUT2D eigenvalue weighted by atomic mass is 9.86. The first-order valence-electron chi connectivity index (χ1n) is 13.4. The van der Waals surface area contributed by atoms with Gasteiger partial charge in [-0.1, -0.05) is 18.6 Å². The van der Waals surface area contributed by atoms with E-state index in [2.05, 4.69) is 19.9 Å². The standard InChI is InChI=1S/C29H31F3N4O5S/c30-29(31,32)22-8-13-26(34-19-22)28(38)33-14-2-1-3-25(20-4-9-23(10-5-20)35-42(39)40)27(37)21-6-11-24(12-7-21)36-15-17-41-18-16-36/h4-13,19,25,42H,1-3,14-18H2,(H,33,38)(H,35,39,40). The van der Waals surface area contributed by atoms with Gasteiger partial charge in [-0.3, -0.25) is 19.3 Å². The minimum atomic E-state index is -4.53. The van der Waals surface area contributed by atoms with Gasteiger partial charge in [0.1, 0.15) is 5.69 Å². The number of thiol groups is 1. The van der Waals surface area contributed by atoms with Gasteiger partial charge in [-0.15, -0.1) is 0 Å². The summed E-state index contributed by atoms with van der Waals surface area (Å²) in [7, 11) is -2.82. The van der Waals surface area contributed by atoms with E-state index in [1.807, 2.05) is 12.1 Å². The van der Waals surface area contributed by atoms with Crippen molar-refractivity contribution in [1.82, 2.24) is 10.3 Å². The number of benzene rings is 2. The van der Waals surface area contributed by atoms with E-state index in [1.54, 1.807) is 36.4 Å². The molecule has 1 aromatic heterocycles. The van der Waals surface area contributed by atoms with Gasteiger partial charge in [0.05, 0.1) is 18.8 Å². The maximum Gasteiger partial charge on any atom is 0.417 e. The summed E-state index contributed by atoms with van der Waals surface area (Å²) in [4.78, 5) is 31.7. The van der Waals surface area contributed by atoms with Crippen LogP contribution in [0.15, 0.2) is 66.9 Å². The van der Waals surface area contributed by atoms with Crippen LogP contribution in [0.4, 0.5) is 24.5 Å². The average Bonchev–Trinajstić information content (AvgIpc) is 2.99. The van der Waals surface area contributed by atoms with Crippen molar-refractivity contribution in [2.45, 2.75) is 31.4 Å². The number of anilines is 2. The third-order valence-electron chi connectivity index (χ3n) is 6.91. The van der Waals surface area contributed by atoms with Gasteiger partial charge in [0.15, 0.2) is 5.78 Å². The number of nitrogens with zero attached hydrogens (tertiary/aromatic N) is 2. The monoisotopic (exact) mass is 604 g/mol. The van der Waals surface area contributed by atoms with E-state index in [-0.39, 0.29) is 18.0 Å². The van der Waals surface area contributed by atoms with Crippen molar-refractivity contribution >= 4 is 34.0 Å². The highest BCUT2D eigenvalue weighted by atomic mass is 32.2. The number of morpholine rings is 1. The van der Waals surface area contributed by atoms with Gasteiger partial charge < -0.3 is 15.0 Å². The summed E-state index contributed by atoms with van der Waals surface area (Å²) in [5, 5.41) is 2.65. The van der Waals surface area contributed by atoms with Crippen LogP contribution in [0.5, 0.6) is 0 Å². The van der Waals surface area contributed by atoms with Crippen LogP contribution in [-0.4, -0.2) is 57.9 Å². The average molecular weight is 605 g/mol. The summed E-state index contributed by atoms with van der Waals surface area (Å²) in [5.74, 6) is -1.18. The Balaban J connectivity index is 1.38. The summed E-state index contributed by atoms with van der Waals surface area (Å²) < 4.78 is 67.9. The molecule has 1 aliphatic heterocycles. The zero-order chi connectivity index (χ0) is 30.1. The number of Topliss-reactive ketones (excluding diaryl/α,β-unsaturated/α-hetero) is 1. The van der Waals surface area contributed by atoms with E-state index in [4.69, 9.17) is 4.74 Å². The number of carbonyl (C=O) groups is 2. The molecule has 1 atom stereocenters. The number of carbonyl (C=O) groups excluding carboxylic acids is 2. The lowest BCUT2D eigenvalue weighted by Gasteiger charge is -2.29. The maximum atomic E-state index is 13.6. The molecule has 0 aliphatic carbocycles. The zero-order valence-electron chi connectivity index (χ0n) is 22.6. The molecule has 1 saturated heterocycles. The summed E-state index contributed by atoms with van der Waals surface area (Å²) in [6, 6.07) is 15.9. The van der Waals surface area contributed by atoms with Crippen molar-refractivity contribution in [3.05, 3.63) is 89.2 Å². The molecule has 0 spiro atoms. The smallest absolute Gasteiger partial charge is 0.378 e. The van der Waals surface area contributed by atoms with Crippen LogP contribution in [0.2, 0.25) is 0 Å². The first-order chi connectivity index (χ1) is 20.1. The molecule has 2 N–H and O–H groups in total. The van der Waals surface area contributed by atoms with Gasteiger partial charge in [0.2, 0.25) is 10.9 Å². The highest BCUT2D eigenvalue weighted by Gasteiger charge is 2.31. The Bertz CT molecular complexity index is 1420. The van der Waals surface area contributed by atoms with Crippen LogP contribution in [0.3, 0.4) is 0 Å². The Morgan fingerprint density at radius 1 is 0.952 bits per heavy atom. The van der Waals surface area contributed by atoms with Gasteiger partial charge in [0.25, 0.3) is 5.91 Å². The molecule has 0 saturated carbocycles. The number of ketones is 1. The Labute approximate surface area is 243 Å². The molecular formula is C29H31F3N4O5S. The minimum Gasteiger partial charge on any atom is -0.378 e. The molecule has 2 aromatic carbocycles. The summed E-state index contributed by atoms with van der Waals surface area (Å²) in [6.07, 6.45) is -2.37. The molecule has 224 valence electrons. The molecule has 42 heavy (non-hydrogen) atoms. The summed E-state index contributed by atoms with van der Waals surface area (Å²) in [6.45, 7) is 3.09. The summed E-state index contributed by atoms with van der Waals surface area (Å²) in [5.41, 5.74) is 1.61. The van der Waals surface area contributed by atoms with Crippen LogP contribution >= 0.6 is 0 Å². The zero-order valence-corrected chi connectivity index (χ0v) is 23.5. The number of ether oxygens (including phenoxy) is 1. The number of hydrogen-bond acceptors (Lipinski definition) is 7. The van der Waals surface area contributed by atoms with Gasteiger partial charge in [0, 0.05) is 48.7 Å². The van der Waals surface area contributed by atoms with E-state index < -0.39 is 34.5 Å². The number of unbranched alkanes of at least 4 members (excludes halogenated alkanes) is 1. The highest BCUT2D eigenvalue weighted by molar-refractivity contribution is 7.73. The molecule has 1 unspecified atom stereocenters. The van der Waals surface area contributed by atoms with Crippen LogP contribution in [0.1, 0.15) is 57.2 Å². The van der Waals surface area contributed by atoms with E-state index in [9.17, 15) is 31.2 Å². The Morgan fingerprint density at radius 2 is 1.64 bits per heavy atom. The number of rotatable bonds is 12. The molecule has 1 fully saturated rings. The SMILES string of the molecule is O=C(NCCCCC(C(=O)c1ccc(N2CCOCC2)cc1)c1ccc(N[SH](=O)=O)cc1)c1ccc(C(F)(F)F)cn1. The minimum absolute atomic E-state index is 0.0860. The second-order valence-electron chi connectivity index (χ2n) is 9.74. The Hall–Kier alpha value is -3.97. The first kappa shape index (κ1) is 31.0. The summed E-state index contributed by atoms with van der Waals surface area (Å²) >= 11 is 0. The fraction of sp³-hybridized carbons (Fsp3) is 0.345. The Morgan fingerprint density at radius 3 is 2.24 bits per heavy atom. The lowest BCUT2D eigenvalue weighted by Crippen LogP contribution is -2.36. The van der Waals surface area contributed by atoms with Crippen molar-refractivity contribution in [3.8, 4) is 0 Å². The second-order valence-corrected chi connectivity index (χ2v) is 10.5. The fourth-order valence-corrected chi connectivity index (χ4v) is 5.03. The van der Waals surface area contributed by atoms with Gasteiger partial charge in [-0.05, 0) is 66.9 Å². The third kappa shape index (κ3) is 8.52.